The van der Waals surface area contributed by atoms with E-state index in [9.17, 15) is 14.0 Å². The molecule has 1 aliphatic heterocycles. The summed E-state index contributed by atoms with van der Waals surface area (Å²) in [5.41, 5.74) is 2.63. The van der Waals surface area contributed by atoms with E-state index in [1.54, 1.807) is 18.2 Å². The average Bonchev–Trinajstić information content (AvgIpc) is 3.07. The van der Waals surface area contributed by atoms with Crippen molar-refractivity contribution in [3.8, 4) is 0 Å². The molecular weight excluding hydrogens is 417 g/mol. The van der Waals surface area contributed by atoms with E-state index in [4.69, 9.17) is 16.0 Å². The Bertz CT molecular complexity index is 1380. The summed E-state index contributed by atoms with van der Waals surface area (Å²) in [6, 6.07) is 17.4. The minimum absolute atomic E-state index is 0.00582. The molecule has 0 spiro atoms. The number of benzene rings is 3. The van der Waals surface area contributed by atoms with E-state index >= 15 is 0 Å². The summed E-state index contributed by atoms with van der Waals surface area (Å²) in [7, 11) is 0. The average molecular weight is 434 g/mol. The molecule has 0 aliphatic carbocycles. The number of rotatable bonds is 3. The Balaban J connectivity index is 1.79. The molecule has 1 amide bonds. The number of nitrogens with zero attached hydrogens (tertiary/aromatic N) is 1. The normalized spacial score (nSPS) is 15.5. The van der Waals surface area contributed by atoms with Gasteiger partial charge in [-0.2, -0.15) is 0 Å². The third-order valence-electron chi connectivity index (χ3n) is 5.64. The van der Waals surface area contributed by atoms with Crippen LogP contribution < -0.4 is 10.3 Å². The molecule has 0 N–H and O–H groups in total. The second-order valence-corrected chi connectivity index (χ2v) is 7.90. The Morgan fingerprint density at radius 3 is 2.39 bits per heavy atom. The highest BCUT2D eigenvalue weighted by atomic mass is 35.5. The largest absolute Gasteiger partial charge is 0.450 e. The SMILES string of the molecule is CCc1ccc(C2c3c(oc4ccc(Cl)cc4c3=O)C(=O)N2c2ccc(F)cc2)cc1. The van der Waals surface area contributed by atoms with Crippen LogP contribution in [0.15, 0.2) is 75.9 Å². The number of fused-ring (bicyclic) bond motifs is 2. The molecule has 0 radical (unpaired) electrons. The summed E-state index contributed by atoms with van der Waals surface area (Å²) in [6.07, 6.45) is 0.868. The Morgan fingerprint density at radius 1 is 1.00 bits per heavy atom. The molecule has 0 bridgehead atoms. The highest BCUT2D eigenvalue weighted by Crippen LogP contribution is 2.41. The number of hydrogen-bond donors (Lipinski definition) is 0. The molecule has 0 saturated carbocycles. The molecule has 1 unspecified atom stereocenters. The van der Waals surface area contributed by atoms with Gasteiger partial charge in [0.15, 0.2) is 5.43 Å². The Morgan fingerprint density at radius 2 is 1.71 bits per heavy atom. The Kier molecular flexibility index (Phi) is 4.63. The van der Waals surface area contributed by atoms with Crippen molar-refractivity contribution in [2.24, 2.45) is 0 Å². The lowest BCUT2D eigenvalue weighted by Crippen LogP contribution is -2.29. The smallest absolute Gasteiger partial charge is 0.295 e. The van der Waals surface area contributed by atoms with Crippen LogP contribution in [0.5, 0.6) is 0 Å². The maximum absolute atomic E-state index is 13.5. The van der Waals surface area contributed by atoms with Crippen LogP contribution >= 0.6 is 11.6 Å². The summed E-state index contributed by atoms with van der Waals surface area (Å²) >= 11 is 6.10. The zero-order valence-corrected chi connectivity index (χ0v) is 17.3. The summed E-state index contributed by atoms with van der Waals surface area (Å²) in [4.78, 5) is 28.4. The minimum Gasteiger partial charge on any atom is -0.450 e. The number of halogens is 2. The van der Waals surface area contributed by atoms with Crippen molar-refractivity contribution in [2.75, 3.05) is 4.90 Å². The van der Waals surface area contributed by atoms with E-state index in [0.29, 0.717) is 21.7 Å². The van der Waals surface area contributed by atoms with Crippen molar-refractivity contribution < 1.29 is 13.6 Å². The Labute approximate surface area is 182 Å². The van der Waals surface area contributed by atoms with Crippen molar-refractivity contribution in [2.45, 2.75) is 19.4 Å². The maximum atomic E-state index is 13.5. The first-order chi connectivity index (χ1) is 15.0. The van der Waals surface area contributed by atoms with Crippen LogP contribution in [-0.4, -0.2) is 5.91 Å². The quantitative estimate of drug-likeness (QED) is 0.404. The van der Waals surface area contributed by atoms with Crippen molar-refractivity contribution in [3.05, 3.63) is 110 Å². The van der Waals surface area contributed by atoms with Gasteiger partial charge in [-0.25, -0.2) is 4.39 Å². The highest BCUT2D eigenvalue weighted by Gasteiger charge is 2.43. The second-order valence-electron chi connectivity index (χ2n) is 7.46. The second kappa shape index (κ2) is 7.36. The van der Waals surface area contributed by atoms with E-state index in [1.807, 2.05) is 24.3 Å². The van der Waals surface area contributed by atoms with Crippen LogP contribution in [-0.2, 0) is 6.42 Å². The lowest BCUT2D eigenvalue weighted by atomic mass is 9.97. The van der Waals surface area contributed by atoms with Gasteiger partial charge in [0, 0.05) is 10.7 Å². The van der Waals surface area contributed by atoms with Crippen molar-refractivity contribution >= 4 is 34.2 Å². The van der Waals surface area contributed by atoms with Crippen molar-refractivity contribution in [1.82, 2.24) is 0 Å². The minimum atomic E-state index is -0.696. The number of anilines is 1. The van der Waals surface area contributed by atoms with Crippen LogP contribution in [0, 0.1) is 5.82 Å². The monoisotopic (exact) mass is 433 g/mol. The zero-order valence-electron chi connectivity index (χ0n) is 16.6. The molecule has 154 valence electrons. The van der Waals surface area contributed by atoms with E-state index in [1.165, 1.54) is 29.2 Å². The summed E-state index contributed by atoms with van der Waals surface area (Å²) in [5.74, 6) is -0.861. The van der Waals surface area contributed by atoms with Crippen LogP contribution in [0.2, 0.25) is 5.02 Å². The summed E-state index contributed by atoms with van der Waals surface area (Å²) in [5, 5.41) is 0.721. The summed E-state index contributed by atoms with van der Waals surface area (Å²) in [6.45, 7) is 2.05. The molecule has 0 fully saturated rings. The topological polar surface area (TPSA) is 50.5 Å². The van der Waals surface area contributed by atoms with Crippen LogP contribution in [0.25, 0.3) is 11.0 Å². The fourth-order valence-corrected chi connectivity index (χ4v) is 4.24. The molecular formula is C25H17ClFNO3. The zero-order chi connectivity index (χ0) is 21.7. The van der Waals surface area contributed by atoms with E-state index in [-0.39, 0.29) is 16.8 Å². The lowest BCUT2D eigenvalue weighted by Gasteiger charge is -2.25. The molecule has 4 nitrogen and oxygen atoms in total. The van der Waals surface area contributed by atoms with Gasteiger partial charge in [-0.3, -0.25) is 14.5 Å². The van der Waals surface area contributed by atoms with Crippen molar-refractivity contribution in [1.29, 1.82) is 0 Å². The number of carbonyl (C=O) groups is 1. The third kappa shape index (κ3) is 3.13. The van der Waals surface area contributed by atoms with E-state index in [2.05, 4.69) is 6.92 Å². The molecule has 5 rings (SSSR count). The Hall–Kier alpha value is -3.44. The van der Waals surface area contributed by atoms with Gasteiger partial charge in [0.2, 0.25) is 5.76 Å². The van der Waals surface area contributed by atoms with Gasteiger partial charge in [0.25, 0.3) is 5.91 Å². The fraction of sp³-hybridized carbons (Fsp3) is 0.120. The third-order valence-corrected chi connectivity index (χ3v) is 5.88. The molecule has 2 heterocycles. The number of amides is 1. The first-order valence-corrected chi connectivity index (χ1v) is 10.3. The van der Waals surface area contributed by atoms with Crippen molar-refractivity contribution in [3.63, 3.8) is 0 Å². The predicted octanol–water partition coefficient (Wildman–Crippen LogP) is 5.90. The highest BCUT2D eigenvalue weighted by molar-refractivity contribution is 6.31. The number of carbonyl (C=O) groups excluding carboxylic acids is 1. The fourth-order valence-electron chi connectivity index (χ4n) is 4.06. The maximum Gasteiger partial charge on any atom is 0.295 e. The van der Waals surface area contributed by atoms with Crippen LogP contribution in [0.4, 0.5) is 10.1 Å². The predicted molar refractivity (Wildman–Crippen MR) is 118 cm³/mol. The van der Waals surface area contributed by atoms with Crippen LogP contribution in [0.1, 0.15) is 40.2 Å². The number of hydrogen-bond acceptors (Lipinski definition) is 3. The first-order valence-electron chi connectivity index (χ1n) is 9.92. The van der Waals surface area contributed by atoms with Gasteiger partial charge in [0.1, 0.15) is 11.4 Å². The molecule has 1 aromatic heterocycles. The van der Waals surface area contributed by atoms with Gasteiger partial charge >= 0.3 is 0 Å². The van der Waals surface area contributed by atoms with Gasteiger partial charge in [-0.1, -0.05) is 42.8 Å². The molecule has 31 heavy (non-hydrogen) atoms. The van der Waals surface area contributed by atoms with Gasteiger partial charge < -0.3 is 4.42 Å². The molecule has 4 aromatic rings. The van der Waals surface area contributed by atoms with Gasteiger partial charge in [0.05, 0.1) is 17.0 Å². The number of aryl methyl sites for hydroxylation is 1. The first kappa shape index (κ1) is 19.5. The standard InChI is InChI=1S/C25H17ClFNO3/c1-2-14-3-5-15(6-4-14)22-21-23(29)19-13-16(26)7-12-20(19)31-24(21)25(30)28(22)18-10-8-17(27)9-11-18/h3-13,22H,2H2,1H3. The summed E-state index contributed by atoms with van der Waals surface area (Å²) < 4.78 is 19.4. The molecule has 6 heteroatoms. The van der Waals surface area contributed by atoms with Crippen LogP contribution in [0.3, 0.4) is 0 Å². The van der Waals surface area contributed by atoms with E-state index in [0.717, 1.165) is 17.5 Å². The molecule has 1 aliphatic rings. The lowest BCUT2D eigenvalue weighted by molar-refractivity contribution is 0.0971. The molecule has 1 atom stereocenters. The van der Waals surface area contributed by atoms with Gasteiger partial charge in [-0.15, -0.1) is 0 Å². The van der Waals surface area contributed by atoms with E-state index < -0.39 is 17.8 Å². The molecule has 0 saturated heterocycles. The van der Waals surface area contributed by atoms with Gasteiger partial charge in [-0.05, 0) is 60.0 Å². The molecule has 3 aromatic carbocycles.